The van der Waals surface area contributed by atoms with Crippen LogP contribution in [0.15, 0.2) is 24.3 Å². The van der Waals surface area contributed by atoms with Gasteiger partial charge in [0.2, 0.25) is 0 Å². The minimum atomic E-state index is -0.105. The smallest absolute Gasteiger partial charge is 0.322 e. The Morgan fingerprint density at radius 1 is 1.42 bits per heavy atom. The standard InChI is InChI=1S/C19H23ClN4O2/c1-26-15-6-5-12(9-15)18-16-11-24(8-7-17(16)22-23-18)19(25)21-14-4-2-3-13(20)10-14/h2-4,10,12,15H,5-9,11H2,1H3,(H,21,25)(H,22,23). The van der Waals surface area contributed by atoms with Crippen molar-refractivity contribution < 1.29 is 9.53 Å². The predicted octanol–water partition coefficient (Wildman–Crippen LogP) is 3.94. The van der Waals surface area contributed by atoms with Crippen LogP contribution in [0.25, 0.3) is 0 Å². The number of benzene rings is 1. The lowest BCUT2D eigenvalue weighted by Crippen LogP contribution is -2.39. The molecule has 7 heteroatoms. The Morgan fingerprint density at radius 3 is 3.08 bits per heavy atom. The van der Waals surface area contributed by atoms with Crippen molar-refractivity contribution in [1.82, 2.24) is 15.1 Å². The summed E-state index contributed by atoms with van der Waals surface area (Å²) in [5.74, 6) is 0.413. The number of H-pyrrole nitrogens is 1. The molecule has 2 amide bonds. The molecule has 0 saturated heterocycles. The zero-order chi connectivity index (χ0) is 18.1. The zero-order valence-corrected chi connectivity index (χ0v) is 15.6. The van der Waals surface area contributed by atoms with Gasteiger partial charge in [-0.3, -0.25) is 5.10 Å². The second kappa shape index (κ2) is 7.29. The van der Waals surface area contributed by atoms with Crippen molar-refractivity contribution >= 4 is 23.3 Å². The van der Waals surface area contributed by atoms with Crippen LogP contribution < -0.4 is 5.32 Å². The van der Waals surface area contributed by atoms with Gasteiger partial charge in [0.1, 0.15) is 0 Å². The van der Waals surface area contributed by atoms with Crippen LogP contribution in [0.4, 0.5) is 10.5 Å². The number of aromatic nitrogens is 2. The number of urea groups is 1. The number of amides is 2. The van der Waals surface area contributed by atoms with E-state index in [0.29, 0.717) is 35.8 Å². The van der Waals surface area contributed by atoms with E-state index in [1.807, 2.05) is 17.0 Å². The first-order valence-electron chi connectivity index (χ1n) is 9.04. The van der Waals surface area contributed by atoms with Crippen LogP contribution in [0.5, 0.6) is 0 Å². The number of hydrogen-bond donors (Lipinski definition) is 2. The number of ether oxygens (including phenoxy) is 1. The van der Waals surface area contributed by atoms with Crippen molar-refractivity contribution in [1.29, 1.82) is 0 Å². The van der Waals surface area contributed by atoms with Gasteiger partial charge in [-0.25, -0.2) is 4.79 Å². The van der Waals surface area contributed by atoms with Crippen molar-refractivity contribution in [2.45, 2.75) is 44.2 Å². The molecule has 26 heavy (non-hydrogen) atoms. The van der Waals surface area contributed by atoms with Gasteiger partial charge in [-0.05, 0) is 37.5 Å². The van der Waals surface area contributed by atoms with Crippen LogP contribution in [0.3, 0.4) is 0 Å². The second-order valence-corrected chi connectivity index (χ2v) is 7.48. The van der Waals surface area contributed by atoms with E-state index in [-0.39, 0.29) is 6.03 Å². The van der Waals surface area contributed by atoms with Crippen LogP contribution in [-0.2, 0) is 17.7 Å². The Labute approximate surface area is 157 Å². The van der Waals surface area contributed by atoms with Crippen LogP contribution in [0.2, 0.25) is 5.02 Å². The highest BCUT2D eigenvalue weighted by molar-refractivity contribution is 6.30. The van der Waals surface area contributed by atoms with Gasteiger partial charge in [0, 0.05) is 48.0 Å². The number of methoxy groups -OCH3 is 1. The molecule has 6 nitrogen and oxygen atoms in total. The van der Waals surface area contributed by atoms with Crippen molar-refractivity contribution in [2.24, 2.45) is 0 Å². The first-order chi connectivity index (χ1) is 12.6. The van der Waals surface area contributed by atoms with E-state index in [0.717, 1.165) is 37.1 Å². The molecule has 2 aromatic rings. The maximum atomic E-state index is 12.7. The quantitative estimate of drug-likeness (QED) is 0.854. The normalized spacial score (nSPS) is 22.3. The summed E-state index contributed by atoms with van der Waals surface area (Å²) >= 11 is 6.00. The summed E-state index contributed by atoms with van der Waals surface area (Å²) in [4.78, 5) is 14.5. The van der Waals surface area contributed by atoms with E-state index < -0.39 is 0 Å². The molecular formula is C19H23ClN4O2. The number of rotatable bonds is 3. The number of fused-ring (bicyclic) bond motifs is 1. The molecule has 2 N–H and O–H groups in total. The number of nitrogens with one attached hydrogen (secondary N) is 2. The summed E-state index contributed by atoms with van der Waals surface area (Å²) < 4.78 is 5.50. The van der Waals surface area contributed by atoms with Crippen LogP contribution >= 0.6 is 11.6 Å². The Kier molecular flexibility index (Phi) is 4.87. The predicted molar refractivity (Wildman–Crippen MR) is 101 cm³/mol. The SMILES string of the molecule is COC1CCC(c2n[nH]c3c2CN(C(=O)Nc2cccc(Cl)c2)CC3)C1. The molecular weight excluding hydrogens is 352 g/mol. The Balaban J connectivity index is 1.47. The van der Waals surface area contributed by atoms with Gasteiger partial charge < -0.3 is 15.0 Å². The zero-order valence-electron chi connectivity index (χ0n) is 14.8. The highest BCUT2D eigenvalue weighted by Crippen LogP contribution is 2.38. The molecule has 0 bridgehead atoms. The summed E-state index contributed by atoms with van der Waals surface area (Å²) in [5, 5.41) is 11.3. The van der Waals surface area contributed by atoms with E-state index >= 15 is 0 Å². The number of nitrogens with zero attached hydrogens (tertiary/aromatic N) is 2. The molecule has 2 aliphatic rings. The van der Waals surface area contributed by atoms with Gasteiger partial charge >= 0.3 is 6.03 Å². The van der Waals surface area contributed by atoms with Crippen LogP contribution in [0, 0.1) is 0 Å². The average Bonchev–Trinajstić information content (AvgIpc) is 3.27. The molecule has 1 saturated carbocycles. The molecule has 1 fully saturated rings. The van der Waals surface area contributed by atoms with Gasteiger partial charge in [0.05, 0.1) is 18.3 Å². The summed E-state index contributed by atoms with van der Waals surface area (Å²) in [5.41, 5.74) is 4.16. The van der Waals surface area contributed by atoms with Gasteiger partial charge in [0.15, 0.2) is 0 Å². The first-order valence-corrected chi connectivity index (χ1v) is 9.42. The van der Waals surface area contributed by atoms with Crippen molar-refractivity contribution in [3.63, 3.8) is 0 Å². The van der Waals surface area contributed by atoms with Crippen LogP contribution in [0.1, 0.15) is 42.1 Å². The fourth-order valence-corrected chi connectivity index (χ4v) is 4.19. The van der Waals surface area contributed by atoms with E-state index in [1.165, 1.54) is 5.56 Å². The first kappa shape index (κ1) is 17.4. The molecule has 4 rings (SSSR count). The molecule has 0 spiro atoms. The third-order valence-corrected chi connectivity index (χ3v) is 5.67. The van der Waals surface area contributed by atoms with E-state index in [4.69, 9.17) is 16.3 Å². The molecule has 2 heterocycles. The van der Waals surface area contributed by atoms with Crippen molar-refractivity contribution in [3.8, 4) is 0 Å². The largest absolute Gasteiger partial charge is 0.381 e. The van der Waals surface area contributed by atoms with E-state index in [1.54, 1.807) is 19.2 Å². The van der Waals surface area contributed by atoms with Crippen LogP contribution in [-0.4, -0.2) is 40.9 Å². The van der Waals surface area contributed by atoms with E-state index in [9.17, 15) is 4.79 Å². The highest BCUT2D eigenvalue weighted by atomic mass is 35.5. The van der Waals surface area contributed by atoms with Gasteiger partial charge in [-0.2, -0.15) is 5.10 Å². The molecule has 1 aliphatic carbocycles. The second-order valence-electron chi connectivity index (χ2n) is 7.05. The molecule has 138 valence electrons. The Bertz CT molecular complexity index is 807. The Hall–Kier alpha value is -2.05. The molecule has 2 unspecified atom stereocenters. The molecule has 0 radical (unpaired) electrons. The average molecular weight is 375 g/mol. The minimum absolute atomic E-state index is 0.105. The summed E-state index contributed by atoms with van der Waals surface area (Å²) in [7, 11) is 1.77. The minimum Gasteiger partial charge on any atom is -0.381 e. The summed E-state index contributed by atoms with van der Waals surface area (Å²) in [6.45, 7) is 1.26. The number of carbonyl (C=O) groups is 1. The summed E-state index contributed by atoms with van der Waals surface area (Å²) in [6.07, 6.45) is 4.28. The number of halogens is 1. The third kappa shape index (κ3) is 3.44. The lowest BCUT2D eigenvalue weighted by atomic mass is 9.96. The molecule has 1 aromatic heterocycles. The number of anilines is 1. The lowest BCUT2D eigenvalue weighted by Gasteiger charge is -2.28. The maximum Gasteiger partial charge on any atom is 0.322 e. The fourth-order valence-electron chi connectivity index (χ4n) is 4.00. The summed E-state index contributed by atoms with van der Waals surface area (Å²) in [6, 6.07) is 7.10. The molecule has 1 aromatic carbocycles. The number of hydrogen-bond acceptors (Lipinski definition) is 3. The van der Waals surface area contributed by atoms with Crippen molar-refractivity contribution in [3.05, 3.63) is 46.2 Å². The Morgan fingerprint density at radius 2 is 2.31 bits per heavy atom. The topological polar surface area (TPSA) is 70.2 Å². The van der Waals surface area contributed by atoms with Gasteiger partial charge in [0.25, 0.3) is 0 Å². The third-order valence-electron chi connectivity index (χ3n) is 5.43. The molecule has 2 atom stereocenters. The van der Waals surface area contributed by atoms with Gasteiger partial charge in [-0.1, -0.05) is 17.7 Å². The van der Waals surface area contributed by atoms with E-state index in [2.05, 4.69) is 15.5 Å². The highest BCUT2D eigenvalue weighted by Gasteiger charge is 2.33. The fraction of sp³-hybridized carbons (Fsp3) is 0.474. The van der Waals surface area contributed by atoms with Gasteiger partial charge in [-0.15, -0.1) is 0 Å². The lowest BCUT2D eigenvalue weighted by molar-refractivity contribution is 0.108. The maximum absolute atomic E-state index is 12.7. The number of aromatic amines is 1. The molecule has 1 aliphatic heterocycles. The number of carbonyl (C=O) groups excluding carboxylic acids is 1. The van der Waals surface area contributed by atoms with Crippen molar-refractivity contribution in [2.75, 3.05) is 19.0 Å². The monoisotopic (exact) mass is 374 g/mol.